The minimum atomic E-state index is -0.534. The molecule has 0 unspecified atom stereocenters. The van der Waals surface area contributed by atoms with Gasteiger partial charge in [0.2, 0.25) is 0 Å². The van der Waals surface area contributed by atoms with Gasteiger partial charge in [-0.15, -0.1) is 0 Å². The highest BCUT2D eigenvalue weighted by molar-refractivity contribution is 7.79. The number of benzene rings is 3. The SMILES string of the molecule is CC(C)Oc1ccc(P(c2ccccc2)c2ccccc2)cc1. The van der Waals surface area contributed by atoms with Crippen molar-refractivity contribution in [3.05, 3.63) is 84.9 Å². The van der Waals surface area contributed by atoms with E-state index < -0.39 is 7.92 Å². The Bertz CT molecular complexity index is 681. The second-order valence-electron chi connectivity index (χ2n) is 5.67. The van der Waals surface area contributed by atoms with Crippen LogP contribution in [-0.2, 0) is 0 Å². The molecule has 116 valence electrons. The zero-order valence-corrected chi connectivity index (χ0v) is 14.4. The molecule has 0 N–H and O–H groups in total. The number of rotatable bonds is 5. The summed E-state index contributed by atoms with van der Waals surface area (Å²) in [6.45, 7) is 4.10. The third-order valence-electron chi connectivity index (χ3n) is 3.50. The summed E-state index contributed by atoms with van der Waals surface area (Å²) in [5.74, 6) is 0.930. The van der Waals surface area contributed by atoms with Crippen LogP contribution in [0, 0.1) is 0 Å². The Morgan fingerprint density at radius 1 is 0.609 bits per heavy atom. The summed E-state index contributed by atoms with van der Waals surface area (Å²) in [5.41, 5.74) is 0. The van der Waals surface area contributed by atoms with Crippen molar-refractivity contribution in [1.82, 2.24) is 0 Å². The molecule has 0 saturated carbocycles. The molecule has 0 aliphatic carbocycles. The molecule has 0 saturated heterocycles. The van der Waals surface area contributed by atoms with Crippen molar-refractivity contribution in [1.29, 1.82) is 0 Å². The van der Waals surface area contributed by atoms with Crippen LogP contribution in [0.15, 0.2) is 84.9 Å². The molecule has 1 nitrogen and oxygen atoms in total. The first-order valence-corrected chi connectivity index (χ1v) is 9.25. The van der Waals surface area contributed by atoms with Crippen LogP contribution in [0.2, 0.25) is 0 Å². The molecule has 2 heteroatoms. The summed E-state index contributed by atoms with van der Waals surface area (Å²) in [4.78, 5) is 0. The van der Waals surface area contributed by atoms with Crippen LogP contribution in [-0.4, -0.2) is 6.10 Å². The van der Waals surface area contributed by atoms with Crippen molar-refractivity contribution in [3.8, 4) is 5.75 Å². The minimum Gasteiger partial charge on any atom is -0.491 e. The average molecular weight is 320 g/mol. The van der Waals surface area contributed by atoms with Gasteiger partial charge in [-0.2, -0.15) is 0 Å². The lowest BCUT2D eigenvalue weighted by Gasteiger charge is -2.20. The van der Waals surface area contributed by atoms with E-state index in [1.165, 1.54) is 15.9 Å². The molecule has 23 heavy (non-hydrogen) atoms. The number of hydrogen-bond donors (Lipinski definition) is 0. The maximum atomic E-state index is 5.77. The predicted octanol–water partition coefficient (Wildman–Crippen LogP) is 4.23. The van der Waals surface area contributed by atoms with E-state index in [9.17, 15) is 0 Å². The highest BCUT2D eigenvalue weighted by Crippen LogP contribution is 2.33. The van der Waals surface area contributed by atoms with Gasteiger partial charge in [-0.1, -0.05) is 72.8 Å². The summed E-state index contributed by atoms with van der Waals surface area (Å²) in [6, 6.07) is 30.0. The van der Waals surface area contributed by atoms with Crippen molar-refractivity contribution < 1.29 is 4.74 Å². The smallest absolute Gasteiger partial charge is 0.119 e. The van der Waals surface area contributed by atoms with E-state index in [2.05, 4.69) is 98.8 Å². The quantitative estimate of drug-likeness (QED) is 0.639. The maximum Gasteiger partial charge on any atom is 0.119 e. The van der Waals surface area contributed by atoms with Gasteiger partial charge >= 0.3 is 0 Å². The largest absolute Gasteiger partial charge is 0.491 e. The second kappa shape index (κ2) is 7.44. The summed E-state index contributed by atoms with van der Waals surface area (Å²) >= 11 is 0. The highest BCUT2D eigenvalue weighted by Gasteiger charge is 2.15. The van der Waals surface area contributed by atoms with Crippen molar-refractivity contribution >= 4 is 23.8 Å². The van der Waals surface area contributed by atoms with E-state index in [-0.39, 0.29) is 6.10 Å². The summed E-state index contributed by atoms with van der Waals surface area (Å²) in [6.07, 6.45) is 0.200. The molecule has 0 heterocycles. The van der Waals surface area contributed by atoms with E-state index >= 15 is 0 Å². The van der Waals surface area contributed by atoms with Gasteiger partial charge in [0.15, 0.2) is 0 Å². The molecule has 0 aliphatic heterocycles. The highest BCUT2D eigenvalue weighted by atomic mass is 31.1. The van der Waals surface area contributed by atoms with Crippen LogP contribution in [0.3, 0.4) is 0 Å². The van der Waals surface area contributed by atoms with Crippen LogP contribution in [0.5, 0.6) is 5.75 Å². The lowest BCUT2D eigenvalue weighted by molar-refractivity contribution is 0.242. The standard InChI is InChI=1S/C21H21OP/c1-17(2)22-18-13-15-21(16-14-18)23(19-9-5-3-6-10-19)20-11-7-4-8-12-20/h3-17H,1-2H3. The van der Waals surface area contributed by atoms with E-state index in [1.54, 1.807) is 0 Å². The molecule has 3 rings (SSSR count). The Morgan fingerprint density at radius 2 is 1.04 bits per heavy atom. The Labute approximate surface area is 139 Å². The average Bonchev–Trinajstić information content (AvgIpc) is 2.58. The lowest BCUT2D eigenvalue weighted by Crippen LogP contribution is -2.20. The fourth-order valence-corrected chi connectivity index (χ4v) is 4.83. The summed E-state index contributed by atoms with van der Waals surface area (Å²) < 4.78 is 5.77. The van der Waals surface area contributed by atoms with E-state index in [4.69, 9.17) is 4.74 Å². The molecule has 0 bridgehead atoms. The first-order valence-electron chi connectivity index (χ1n) is 7.91. The van der Waals surface area contributed by atoms with Crippen LogP contribution in [0.25, 0.3) is 0 Å². The van der Waals surface area contributed by atoms with Gasteiger partial charge in [0.1, 0.15) is 5.75 Å². The van der Waals surface area contributed by atoms with E-state index in [1.807, 2.05) is 0 Å². The first kappa shape index (κ1) is 15.8. The topological polar surface area (TPSA) is 9.23 Å². The van der Waals surface area contributed by atoms with Crippen LogP contribution in [0.4, 0.5) is 0 Å². The van der Waals surface area contributed by atoms with Crippen molar-refractivity contribution in [3.63, 3.8) is 0 Å². The third kappa shape index (κ3) is 4.00. The molecule has 0 radical (unpaired) electrons. The van der Waals surface area contributed by atoms with Crippen LogP contribution >= 0.6 is 7.92 Å². The molecule has 0 fully saturated rings. The Hall–Kier alpha value is -2.11. The molecular formula is C21H21OP. The first-order chi connectivity index (χ1) is 11.2. The summed E-state index contributed by atoms with van der Waals surface area (Å²) in [7, 11) is -0.534. The molecule has 3 aromatic carbocycles. The normalized spacial score (nSPS) is 11.0. The Balaban J connectivity index is 1.99. The molecule has 0 amide bonds. The van der Waals surface area contributed by atoms with Gasteiger partial charge in [0.05, 0.1) is 6.10 Å². The van der Waals surface area contributed by atoms with Gasteiger partial charge in [-0.25, -0.2) is 0 Å². The maximum absolute atomic E-state index is 5.77. The fourth-order valence-electron chi connectivity index (χ4n) is 2.55. The third-order valence-corrected chi connectivity index (χ3v) is 5.94. The zero-order valence-electron chi connectivity index (χ0n) is 13.5. The van der Waals surface area contributed by atoms with E-state index in [0.29, 0.717) is 0 Å². The van der Waals surface area contributed by atoms with Crippen LogP contribution < -0.4 is 20.7 Å². The van der Waals surface area contributed by atoms with Crippen molar-refractivity contribution in [2.45, 2.75) is 20.0 Å². The fraction of sp³-hybridized carbons (Fsp3) is 0.143. The van der Waals surface area contributed by atoms with E-state index in [0.717, 1.165) is 5.75 Å². The lowest BCUT2D eigenvalue weighted by atomic mass is 10.3. The Morgan fingerprint density at radius 3 is 1.48 bits per heavy atom. The molecule has 0 spiro atoms. The molecule has 0 atom stereocenters. The predicted molar refractivity (Wildman–Crippen MR) is 101 cm³/mol. The van der Waals surface area contributed by atoms with Crippen molar-refractivity contribution in [2.75, 3.05) is 0 Å². The van der Waals surface area contributed by atoms with Gasteiger partial charge in [0, 0.05) is 0 Å². The molecule has 0 aromatic heterocycles. The monoisotopic (exact) mass is 320 g/mol. The number of hydrogen-bond acceptors (Lipinski definition) is 1. The molecular weight excluding hydrogens is 299 g/mol. The Kier molecular flexibility index (Phi) is 5.10. The zero-order chi connectivity index (χ0) is 16.1. The number of ether oxygens (including phenoxy) is 1. The van der Waals surface area contributed by atoms with Gasteiger partial charge < -0.3 is 4.74 Å². The van der Waals surface area contributed by atoms with Gasteiger partial charge in [-0.05, 0) is 49.8 Å². The van der Waals surface area contributed by atoms with Crippen molar-refractivity contribution in [2.24, 2.45) is 0 Å². The summed E-state index contributed by atoms with van der Waals surface area (Å²) in [5, 5.41) is 4.07. The molecule has 3 aromatic rings. The van der Waals surface area contributed by atoms with Crippen LogP contribution in [0.1, 0.15) is 13.8 Å². The van der Waals surface area contributed by atoms with Gasteiger partial charge in [-0.3, -0.25) is 0 Å². The molecule has 0 aliphatic rings. The second-order valence-corrected chi connectivity index (χ2v) is 7.89. The minimum absolute atomic E-state index is 0.200. The van der Waals surface area contributed by atoms with Gasteiger partial charge in [0.25, 0.3) is 0 Å².